The smallest absolute Gasteiger partial charge is 0.257 e. The molecule has 1 atom stereocenters. The van der Waals surface area contributed by atoms with Gasteiger partial charge in [0, 0.05) is 16.9 Å². The topological polar surface area (TPSA) is 32.7 Å². The molecule has 0 fully saturated rings. The van der Waals surface area contributed by atoms with Gasteiger partial charge in [-0.05, 0) is 42.8 Å². The maximum atomic E-state index is 12.8. The van der Waals surface area contributed by atoms with Crippen LogP contribution in [0.15, 0.2) is 65.7 Å². The van der Waals surface area contributed by atoms with Crippen LogP contribution in [0.3, 0.4) is 0 Å². The number of carbonyl (C=O) groups is 1. The Morgan fingerprint density at radius 2 is 1.92 bits per heavy atom. The molecule has 0 saturated heterocycles. The van der Waals surface area contributed by atoms with Crippen molar-refractivity contribution in [3.63, 3.8) is 0 Å². The quantitative estimate of drug-likeness (QED) is 0.734. The molecule has 0 aliphatic carbocycles. The molecule has 0 unspecified atom stereocenters. The summed E-state index contributed by atoms with van der Waals surface area (Å²) in [5, 5.41) is 1.37. The van der Waals surface area contributed by atoms with Gasteiger partial charge in [0.25, 0.3) is 5.91 Å². The first-order valence-corrected chi connectivity index (χ1v) is 9.03. The molecule has 5 heteroatoms. The Hall–Kier alpha value is -2.04. The fourth-order valence-electron chi connectivity index (χ4n) is 2.31. The minimum absolute atomic E-state index is 0.124. The average molecular weight is 357 g/mol. The highest BCUT2D eigenvalue weighted by atomic mass is 35.5. The highest BCUT2D eigenvalue weighted by Crippen LogP contribution is 2.27. The summed E-state index contributed by atoms with van der Waals surface area (Å²) < 4.78 is 0. The van der Waals surface area contributed by atoms with Crippen LogP contribution >= 0.6 is 23.4 Å². The Morgan fingerprint density at radius 3 is 2.54 bits per heavy atom. The van der Waals surface area contributed by atoms with E-state index in [4.69, 9.17) is 11.6 Å². The zero-order chi connectivity index (χ0) is 16.9. The molecule has 122 valence electrons. The van der Waals surface area contributed by atoms with Crippen molar-refractivity contribution in [3.8, 4) is 0 Å². The van der Waals surface area contributed by atoms with Crippen LogP contribution in [0.25, 0.3) is 6.08 Å². The molecule has 0 bridgehead atoms. The Kier molecular flexibility index (Phi) is 5.38. The van der Waals surface area contributed by atoms with E-state index < -0.39 is 0 Å². The lowest BCUT2D eigenvalue weighted by molar-refractivity contribution is -0.113. The first kappa shape index (κ1) is 16.8. The van der Waals surface area contributed by atoms with E-state index in [1.54, 1.807) is 34.9 Å². The first-order valence-electron chi connectivity index (χ1n) is 7.67. The number of amidine groups is 1. The molecule has 24 heavy (non-hydrogen) atoms. The molecule has 0 radical (unpaired) electrons. The van der Waals surface area contributed by atoms with Gasteiger partial charge in [0.2, 0.25) is 0 Å². The van der Waals surface area contributed by atoms with Crippen LogP contribution in [0.5, 0.6) is 0 Å². The number of benzene rings is 2. The van der Waals surface area contributed by atoms with Crippen LogP contribution in [-0.4, -0.2) is 22.9 Å². The molecule has 3 rings (SSSR count). The zero-order valence-corrected chi connectivity index (χ0v) is 14.8. The second-order valence-electron chi connectivity index (χ2n) is 5.47. The fraction of sp³-hybridized carbons (Fsp3) is 0.158. The molecule has 1 aliphatic rings. The second-order valence-corrected chi connectivity index (χ2v) is 6.89. The lowest BCUT2D eigenvalue weighted by Gasteiger charge is -2.20. The van der Waals surface area contributed by atoms with Gasteiger partial charge in [-0.15, -0.1) is 0 Å². The molecule has 0 aromatic heterocycles. The predicted octanol–water partition coefficient (Wildman–Crippen LogP) is 4.88. The SMILES string of the molecule is C[C@H]1CSC(N(C(=O)/C=C/c2ccccc2)c2ccc(Cl)cc2)=N1. The van der Waals surface area contributed by atoms with Crippen molar-refractivity contribution in [2.45, 2.75) is 13.0 Å². The van der Waals surface area contributed by atoms with Gasteiger partial charge < -0.3 is 0 Å². The number of aliphatic imine (C=N–C) groups is 1. The minimum Gasteiger partial charge on any atom is -0.269 e. The van der Waals surface area contributed by atoms with Crippen LogP contribution in [0, 0.1) is 0 Å². The van der Waals surface area contributed by atoms with Gasteiger partial charge in [0.15, 0.2) is 5.17 Å². The summed E-state index contributed by atoms with van der Waals surface area (Å²) in [6.07, 6.45) is 3.39. The number of amides is 1. The summed E-state index contributed by atoms with van der Waals surface area (Å²) in [7, 11) is 0. The normalized spacial score (nSPS) is 17.1. The Bertz CT molecular complexity index is 772. The van der Waals surface area contributed by atoms with Crippen molar-refractivity contribution in [1.82, 2.24) is 0 Å². The summed E-state index contributed by atoms with van der Waals surface area (Å²) in [5.74, 6) is 0.760. The van der Waals surface area contributed by atoms with Gasteiger partial charge in [0.05, 0.1) is 11.7 Å². The standard InChI is InChI=1S/C19H17ClN2OS/c1-14-13-24-19(21-14)22(17-10-8-16(20)9-11-17)18(23)12-7-15-5-3-2-4-6-15/h2-12,14H,13H2,1H3/b12-7+/t14-/m0/s1. The van der Waals surface area contributed by atoms with E-state index in [1.807, 2.05) is 55.5 Å². The maximum absolute atomic E-state index is 12.8. The van der Waals surface area contributed by atoms with E-state index in [-0.39, 0.29) is 11.9 Å². The highest BCUT2D eigenvalue weighted by molar-refractivity contribution is 8.14. The van der Waals surface area contributed by atoms with Gasteiger partial charge >= 0.3 is 0 Å². The minimum atomic E-state index is -0.124. The molecule has 0 spiro atoms. The monoisotopic (exact) mass is 356 g/mol. The second kappa shape index (κ2) is 7.69. The number of hydrogen-bond acceptors (Lipinski definition) is 3. The number of nitrogens with zero attached hydrogens (tertiary/aromatic N) is 2. The third-order valence-electron chi connectivity index (χ3n) is 3.50. The molecule has 3 nitrogen and oxygen atoms in total. The van der Waals surface area contributed by atoms with Crippen LogP contribution in [0.2, 0.25) is 5.02 Å². The number of hydrogen-bond donors (Lipinski definition) is 0. The summed E-state index contributed by atoms with van der Waals surface area (Å²) >= 11 is 7.56. The lowest BCUT2D eigenvalue weighted by atomic mass is 10.2. The maximum Gasteiger partial charge on any atom is 0.257 e. The van der Waals surface area contributed by atoms with E-state index >= 15 is 0 Å². The number of thioether (sulfide) groups is 1. The largest absolute Gasteiger partial charge is 0.269 e. The Balaban J connectivity index is 1.89. The molecule has 1 aliphatic heterocycles. The fourth-order valence-corrected chi connectivity index (χ4v) is 3.48. The molecule has 1 heterocycles. The summed E-state index contributed by atoms with van der Waals surface area (Å²) in [4.78, 5) is 19.0. The molecular weight excluding hydrogens is 340 g/mol. The van der Waals surface area contributed by atoms with E-state index in [1.165, 1.54) is 0 Å². The summed E-state index contributed by atoms with van der Waals surface area (Å²) in [6, 6.07) is 17.2. The van der Waals surface area contributed by atoms with Crippen LogP contribution < -0.4 is 4.90 Å². The zero-order valence-electron chi connectivity index (χ0n) is 13.2. The molecule has 2 aromatic carbocycles. The van der Waals surface area contributed by atoms with Crippen molar-refractivity contribution in [3.05, 3.63) is 71.3 Å². The Morgan fingerprint density at radius 1 is 1.21 bits per heavy atom. The van der Waals surface area contributed by atoms with E-state index in [0.717, 1.165) is 22.2 Å². The summed E-state index contributed by atoms with van der Waals surface area (Å²) in [6.45, 7) is 2.05. The summed E-state index contributed by atoms with van der Waals surface area (Å²) in [5.41, 5.74) is 1.75. The van der Waals surface area contributed by atoms with Crippen LogP contribution in [0.1, 0.15) is 12.5 Å². The lowest BCUT2D eigenvalue weighted by Crippen LogP contribution is -2.33. The molecule has 1 amide bonds. The third kappa shape index (κ3) is 4.08. The van der Waals surface area contributed by atoms with Crippen LogP contribution in [-0.2, 0) is 4.79 Å². The molecule has 0 N–H and O–H groups in total. The predicted molar refractivity (Wildman–Crippen MR) is 104 cm³/mol. The van der Waals surface area contributed by atoms with Crippen molar-refractivity contribution in [1.29, 1.82) is 0 Å². The van der Waals surface area contributed by atoms with E-state index in [0.29, 0.717) is 5.02 Å². The molecular formula is C19H17ClN2OS. The number of halogens is 1. The Labute approximate surface area is 151 Å². The average Bonchev–Trinajstić information content (AvgIpc) is 3.02. The first-order chi connectivity index (χ1) is 11.6. The number of rotatable bonds is 3. The third-order valence-corrected chi connectivity index (χ3v) is 4.95. The van der Waals surface area contributed by atoms with Crippen molar-refractivity contribution < 1.29 is 4.79 Å². The van der Waals surface area contributed by atoms with Gasteiger partial charge in [0.1, 0.15) is 0 Å². The van der Waals surface area contributed by atoms with Crippen molar-refractivity contribution in [2.75, 3.05) is 10.7 Å². The van der Waals surface area contributed by atoms with Gasteiger partial charge in [-0.3, -0.25) is 14.7 Å². The van der Waals surface area contributed by atoms with Gasteiger partial charge in [-0.1, -0.05) is 53.7 Å². The van der Waals surface area contributed by atoms with E-state index in [9.17, 15) is 4.79 Å². The van der Waals surface area contributed by atoms with Crippen LogP contribution in [0.4, 0.5) is 5.69 Å². The van der Waals surface area contributed by atoms with Gasteiger partial charge in [-0.25, -0.2) is 0 Å². The number of carbonyl (C=O) groups excluding carboxylic acids is 1. The molecule has 2 aromatic rings. The molecule has 0 saturated carbocycles. The number of anilines is 1. The highest BCUT2D eigenvalue weighted by Gasteiger charge is 2.25. The van der Waals surface area contributed by atoms with E-state index in [2.05, 4.69) is 4.99 Å². The van der Waals surface area contributed by atoms with Crippen molar-refractivity contribution >= 4 is 46.2 Å². The van der Waals surface area contributed by atoms with Crippen molar-refractivity contribution in [2.24, 2.45) is 4.99 Å². The van der Waals surface area contributed by atoms with Gasteiger partial charge in [-0.2, -0.15) is 0 Å².